The van der Waals surface area contributed by atoms with Gasteiger partial charge in [0.1, 0.15) is 23.2 Å². The van der Waals surface area contributed by atoms with Gasteiger partial charge in [-0.25, -0.2) is 13.2 Å². The minimum atomic E-state index is -0.905. The molecule has 0 saturated carbocycles. The second-order valence-corrected chi connectivity index (χ2v) is 4.37. The molecule has 2 rings (SSSR count). The fourth-order valence-electron chi connectivity index (χ4n) is 2.10. The van der Waals surface area contributed by atoms with Crippen molar-refractivity contribution in [2.45, 2.75) is 12.5 Å². The second-order valence-electron chi connectivity index (χ2n) is 4.37. The van der Waals surface area contributed by atoms with Crippen molar-refractivity contribution < 1.29 is 17.9 Å². The topological polar surface area (TPSA) is 35.2 Å². The quantitative estimate of drug-likeness (QED) is 0.932. The molecule has 2 nitrogen and oxygen atoms in total. The molecule has 0 aliphatic heterocycles. The summed E-state index contributed by atoms with van der Waals surface area (Å²) in [6, 6.07) is 6.91. The zero-order valence-corrected chi connectivity index (χ0v) is 10.9. The molecule has 0 saturated heterocycles. The van der Waals surface area contributed by atoms with Crippen LogP contribution in [0.1, 0.15) is 17.2 Å². The van der Waals surface area contributed by atoms with Crippen molar-refractivity contribution in [2.75, 3.05) is 7.11 Å². The summed E-state index contributed by atoms with van der Waals surface area (Å²) >= 11 is 0. The molecule has 1 unspecified atom stereocenters. The van der Waals surface area contributed by atoms with E-state index in [0.29, 0.717) is 0 Å². The summed E-state index contributed by atoms with van der Waals surface area (Å²) < 4.78 is 46.1. The number of methoxy groups -OCH3 is 1. The van der Waals surface area contributed by atoms with Crippen LogP contribution in [0.2, 0.25) is 0 Å². The second kappa shape index (κ2) is 5.96. The van der Waals surface area contributed by atoms with Crippen molar-refractivity contribution in [3.05, 3.63) is 65.0 Å². The molecule has 0 aliphatic carbocycles. The molecule has 0 heterocycles. The van der Waals surface area contributed by atoms with Gasteiger partial charge in [-0.05, 0) is 30.7 Å². The zero-order valence-electron chi connectivity index (χ0n) is 10.9. The molecule has 2 N–H and O–H groups in total. The first-order valence-electron chi connectivity index (χ1n) is 6.05. The monoisotopic (exact) mass is 281 g/mol. The molecule has 0 radical (unpaired) electrons. The van der Waals surface area contributed by atoms with E-state index in [9.17, 15) is 13.2 Å². The van der Waals surface area contributed by atoms with Crippen LogP contribution in [0.4, 0.5) is 13.2 Å². The third-order valence-corrected chi connectivity index (χ3v) is 3.09. The molecule has 0 fully saturated rings. The highest BCUT2D eigenvalue weighted by molar-refractivity contribution is 5.38. The fourth-order valence-corrected chi connectivity index (χ4v) is 2.10. The highest BCUT2D eigenvalue weighted by Crippen LogP contribution is 2.29. The standard InChI is InChI=1S/C15H14F3NO/c1-20-14-7-3-6-12(18)15(14)13(19)8-9-10(16)4-2-5-11(9)17/h2-7,13H,8,19H2,1H3. The molecule has 0 amide bonds. The van der Waals surface area contributed by atoms with Gasteiger partial charge >= 0.3 is 0 Å². The maximum absolute atomic E-state index is 13.8. The van der Waals surface area contributed by atoms with Crippen molar-refractivity contribution in [3.63, 3.8) is 0 Å². The Labute approximate surface area is 115 Å². The Morgan fingerprint density at radius 3 is 2.15 bits per heavy atom. The predicted octanol–water partition coefficient (Wildman–Crippen LogP) is 3.36. The highest BCUT2D eigenvalue weighted by Gasteiger charge is 2.20. The molecule has 0 aliphatic rings. The zero-order chi connectivity index (χ0) is 14.7. The molecule has 0 spiro atoms. The number of hydrogen-bond donors (Lipinski definition) is 1. The molecule has 1 atom stereocenters. The van der Waals surface area contributed by atoms with E-state index in [4.69, 9.17) is 10.5 Å². The van der Waals surface area contributed by atoms with Crippen LogP contribution in [0.3, 0.4) is 0 Å². The predicted molar refractivity (Wildman–Crippen MR) is 69.9 cm³/mol. The number of rotatable bonds is 4. The first-order chi connectivity index (χ1) is 9.54. The number of benzene rings is 2. The van der Waals surface area contributed by atoms with Crippen LogP contribution in [0, 0.1) is 17.5 Å². The third kappa shape index (κ3) is 2.77. The van der Waals surface area contributed by atoms with Crippen molar-refractivity contribution in [1.82, 2.24) is 0 Å². The number of hydrogen-bond acceptors (Lipinski definition) is 2. The van der Waals surface area contributed by atoms with E-state index in [1.165, 1.54) is 25.3 Å². The largest absolute Gasteiger partial charge is 0.496 e. The summed E-state index contributed by atoms with van der Waals surface area (Å²) in [5, 5.41) is 0. The van der Waals surface area contributed by atoms with Gasteiger partial charge in [0.2, 0.25) is 0 Å². The van der Waals surface area contributed by atoms with Crippen molar-refractivity contribution in [3.8, 4) is 5.75 Å². The Kier molecular flexibility index (Phi) is 4.29. The maximum atomic E-state index is 13.8. The Morgan fingerprint density at radius 2 is 1.55 bits per heavy atom. The molecule has 5 heteroatoms. The van der Waals surface area contributed by atoms with Gasteiger partial charge in [0.05, 0.1) is 7.11 Å². The van der Waals surface area contributed by atoms with Crippen LogP contribution in [-0.2, 0) is 6.42 Å². The van der Waals surface area contributed by atoms with Crippen molar-refractivity contribution in [2.24, 2.45) is 5.73 Å². The Morgan fingerprint density at radius 1 is 1.00 bits per heavy atom. The van der Waals surface area contributed by atoms with E-state index < -0.39 is 23.5 Å². The molecular weight excluding hydrogens is 267 g/mol. The Hall–Kier alpha value is -2.01. The summed E-state index contributed by atoms with van der Waals surface area (Å²) in [5.74, 6) is -1.70. The minimum Gasteiger partial charge on any atom is -0.496 e. The van der Waals surface area contributed by atoms with Gasteiger partial charge in [-0.2, -0.15) is 0 Å². The molecular formula is C15H14F3NO. The lowest BCUT2D eigenvalue weighted by Gasteiger charge is -2.17. The normalized spacial score (nSPS) is 12.2. The van der Waals surface area contributed by atoms with E-state index in [-0.39, 0.29) is 23.3 Å². The van der Waals surface area contributed by atoms with Gasteiger partial charge in [-0.1, -0.05) is 12.1 Å². The average molecular weight is 281 g/mol. The first-order valence-corrected chi connectivity index (χ1v) is 6.05. The average Bonchev–Trinajstić information content (AvgIpc) is 2.42. The van der Waals surface area contributed by atoms with Gasteiger partial charge in [0, 0.05) is 17.2 Å². The maximum Gasteiger partial charge on any atom is 0.131 e. The molecule has 106 valence electrons. The van der Waals surface area contributed by atoms with Gasteiger partial charge < -0.3 is 10.5 Å². The fraction of sp³-hybridized carbons (Fsp3) is 0.200. The van der Waals surface area contributed by atoms with Gasteiger partial charge in [-0.3, -0.25) is 0 Å². The minimum absolute atomic E-state index is 0.109. The smallest absolute Gasteiger partial charge is 0.131 e. The molecule has 20 heavy (non-hydrogen) atoms. The summed E-state index contributed by atoms with van der Waals surface area (Å²) in [7, 11) is 1.38. The van der Waals surface area contributed by atoms with Crippen LogP contribution in [-0.4, -0.2) is 7.11 Å². The van der Waals surface area contributed by atoms with Crippen LogP contribution >= 0.6 is 0 Å². The van der Waals surface area contributed by atoms with Crippen LogP contribution < -0.4 is 10.5 Å². The van der Waals surface area contributed by atoms with E-state index in [0.717, 1.165) is 12.1 Å². The number of halogens is 3. The van der Waals surface area contributed by atoms with Crippen LogP contribution in [0.25, 0.3) is 0 Å². The number of nitrogens with two attached hydrogens (primary N) is 1. The van der Waals surface area contributed by atoms with Gasteiger partial charge in [0.15, 0.2) is 0 Å². The highest BCUT2D eigenvalue weighted by atomic mass is 19.1. The van der Waals surface area contributed by atoms with E-state index in [1.54, 1.807) is 6.07 Å². The Balaban J connectivity index is 2.36. The summed E-state index contributed by atoms with van der Waals surface area (Å²) in [5.41, 5.74) is 5.84. The lowest BCUT2D eigenvalue weighted by molar-refractivity contribution is 0.398. The lowest BCUT2D eigenvalue weighted by Crippen LogP contribution is -2.17. The van der Waals surface area contributed by atoms with Crippen molar-refractivity contribution in [1.29, 1.82) is 0 Å². The SMILES string of the molecule is COc1cccc(F)c1C(N)Cc1c(F)cccc1F. The summed E-state index contributed by atoms with van der Waals surface area (Å²) in [6.45, 7) is 0. The summed E-state index contributed by atoms with van der Waals surface area (Å²) in [6.07, 6.45) is -0.157. The van der Waals surface area contributed by atoms with Gasteiger partial charge in [0.25, 0.3) is 0 Å². The van der Waals surface area contributed by atoms with Crippen LogP contribution in [0.15, 0.2) is 36.4 Å². The third-order valence-electron chi connectivity index (χ3n) is 3.09. The van der Waals surface area contributed by atoms with E-state index in [1.807, 2.05) is 0 Å². The molecule has 2 aromatic rings. The van der Waals surface area contributed by atoms with Crippen molar-refractivity contribution >= 4 is 0 Å². The molecule has 0 aromatic heterocycles. The lowest BCUT2D eigenvalue weighted by atomic mass is 9.97. The van der Waals surface area contributed by atoms with Gasteiger partial charge in [-0.15, -0.1) is 0 Å². The first kappa shape index (κ1) is 14.4. The molecule has 2 aromatic carbocycles. The molecule has 0 bridgehead atoms. The van der Waals surface area contributed by atoms with E-state index in [2.05, 4.69) is 0 Å². The van der Waals surface area contributed by atoms with E-state index >= 15 is 0 Å². The summed E-state index contributed by atoms with van der Waals surface area (Å²) in [4.78, 5) is 0. The van der Waals surface area contributed by atoms with Crippen LogP contribution in [0.5, 0.6) is 5.75 Å². The number of ether oxygens (including phenoxy) is 1. The Bertz CT molecular complexity index is 596.